The third-order valence-corrected chi connectivity index (χ3v) is 4.78. The van der Waals surface area contributed by atoms with Crippen molar-refractivity contribution >= 4 is 39.0 Å². The van der Waals surface area contributed by atoms with Crippen LogP contribution >= 0.6 is 15.9 Å². The first-order valence-corrected chi connectivity index (χ1v) is 8.66. The van der Waals surface area contributed by atoms with Gasteiger partial charge in [-0.05, 0) is 48.9 Å². The number of nitrogens with one attached hydrogen (secondary N) is 1. The second-order valence-electron chi connectivity index (χ2n) is 5.72. The molecule has 0 aliphatic carbocycles. The van der Waals surface area contributed by atoms with Crippen LogP contribution in [-0.4, -0.2) is 17.9 Å². The van der Waals surface area contributed by atoms with E-state index in [1.54, 1.807) is 12.3 Å². The molecule has 0 fully saturated rings. The molecule has 25 heavy (non-hydrogen) atoms. The maximum atomic E-state index is 12.4. The van der Waals surface area contributed by atoms with E-state index in [-0.39, 0.29) is 5.91 Å². The molecule has 0 atom stereocenters. The van der Waals surface area contributed by atoms with E-state index in [1.165, 1.54) is 0 Å². The highest BCUT2D eigenvalue weighted by Gasteiger charge is 2.10. The molecular weight excluding hydrogens is 378 g/mol. The molecular formula is C20H18BrN3O. The Labute approximate surface area is 155 Å². The second-order valence-corrected chi connectivity index (χ2v) is 6.57. The first kappa shape index (κ1) is 17.2. The molecule has 4 nitrogen and oxygen atoms in total. The number of hydrogen-bond donors (Lipinski definition) is 1. The van der Waals surface area contributed by atoms with Gasteiger partial charge in [0.1, 0.15) is 5.82 Å². The molecule has 1 amide bonds. The molecule has 0 saturated carbocycles. The highest BCUT2D eigenvalue weighted by atomic mass is 79.9. The number of benzene rings is 2. The van der Waals surface area contributed by atoms with Gasteiger partial charge in [-0.1, -0.05) is 40.2 Å². The first-order chi connectivity index (χ1) is 12.0. The largest absolute Gasteiger partial charge is 0.329 e. The van der Waals surface area contributed by atoms with E-state index in [0.717, 1.165) is 27.2 Å². The Hall–Kier alpha value is -2.66. The minimum absolute atomic E-state index is 0.183. The molecule has 1 aromatic heterocycles. The fraction of sp³-hybridized carbons (Fsp3) is 0.100. The standard InChI is InChI=1S/C20H18BrN3O/c1-14-8-10-16(12-18(14)21)23-20(25)15-9-11-19(22-13-15)24(2)17-6-4-3-5-7-17/h3-13H,1-2H3,(H,23,25). The van der Waals surface area contributed by atoms with Crippen molar-refractivity contribution in [2.24, 2.45) is 0 Å². The number of amides is 1. The van der Waals surface area contributed by atoms with Crippen molar-refractivity contribution in [1.82, 2.24) is 4.98 Å². The van der Waals surface area contributed by atoms with Crippen molar-refractivity contribution in [2.75, 3.05) is 17.3 Å². The summed E-state index contributed by atoms with van der Waals surface area (Å²) < 4.78 is 0.961. The Balaban J connectivity index is 1.73. The molecule has 126 valence electrons. The van der Waals surface area contributed by atoms with Gasteiger partial charge in [0.15, 0.2) is 0 Å². The van der Waals surface area contributed by atoms with Crippen molar-refractivity contribution in [1.29, 1.82) is 0 Å². The van der Waals surface area contributed by atoms with Crippen LogP contribution in [0.5, 0.6) is 0 Å². The second kappa shape index (κ2) is 7.49. The molecule has 3 aromatic rings. The van der Waals surface area contributed by atoms with Crippen LogP contribution in [0, 0.1) is 6.92 Å². The van der Waals surface area contributed by atoms with Crippen molar-refractivity contribution < 1.29 is 4.79 Å². The summed E-state index contributed by atoms with van der Waals surface area (Å²) in [6, 6.07) is 19.3. The van der Waals surface area contributed by atoms with Gasteiger partial charge in [0, 0.05) is 29.1 Å². The summed E-state index contributed by atoms with van der Waals surface area (Å²) in [5, 5.41) is 2.88. The number of halogens is 1. The van der Waals surface area contributed by atoms with Crippen molar-refractivity contribution in [2.45, 2.75) is 6.92 Å². The number of pyridine rings is 1. The minimum atomic E-state index is -0.183. The van der Waals surface area contributed by atoms with Gasteiger partial charge in [-0.15, -0.1) is 0 Å². The Kier molecular flexibility index (Phi) is 5.14. The molecule has 0 aliphatic heterocycles. The molecule has 0 unspecified atom stereocenters. The maximum absolute atomic E-state index is 12.4. The Bertz CT molecular complexity index is 879. The molecule has 5 heteroatoms. The zero-order valence-electron chi connectivity index (χ0n) is 14.0. The zero-order valence-corrected chi connectivity index (χ0v) is 15.6. The fourth-order valence-corrected chi connectivity index (χ4v) is 2.76. The van der Waals surface area contributed by atoms with Crippen LogP contribution in [-0.2, 0) is 0 Å². The average molecular weight is 396 g/mol. The van der Waals surface area contributed by atoms with E-state index in [1.807, 2.05) is 73.5 Å². The van der Waals surface area contributed by atoms with Gasteiger partial charge in [0.05, 0.1) is 5.56 Å². The van der Waals surface area contributed by atoms with Crippen molar-refractivity contribution in [3.05, 3.63) is 82.5 Å². The Morgan fingerprint density at radius 1 is 1.08 bits per heavy atom. The number of rotatable bonds is 4. The third kappa shape index (κ3) is 4.06. The number of carbonyl (C=O) groups is 1. The lowest BCUT2D eigenvalue weighted by atomic mass is 10.2. The molecule has 1 N–H and O–H groups in total. The van der Waals surface area contributed by atoms with Crippen LogP contribution in [0.15, 0.2) is 71.3 Å². The van der Waals surface area contributed by atoms with E-state index >= 15 is 0 Å². The molecule has 2 aromatic carbocycles. The SMILES string of the molecule is Cc1ccc(NC(=O)c2ccc(N(C)c3ccccc3)nc2)cc1Br. The average Bonchev–Trinajstić information content (AvgIpc) is 2.65. The van der Waals surface area contributed by atoms with E-state index in [4.69, 9.17) is 0 Å². The van der Waals surface area contributed by atoms with E-state index in [9.17, 15) is 4.79 Å². The summed E-state index contributed by atoms with van der Waals surface area (Å²) >= 11 is 3.47. The number of aryl methyl sites for hydroxylation is 1. The monoisotopic (exact) mass is 395 g/mol. The van der Waals surface area contributed by atoms with Crippen LogP contribution in [0.25, 0.3) is 0 Å². The highest BCUT2D eigenvalue weighted by Crippen LogP contribution is 2.23. The molecule has 0 spiro atoms. The molecule has 0 radical (unpaired) electrons. The normalized spacial score (nSPS) is 10.4. The molecule has 0 aliphatic rings. The van der Waals surface area contributed by atoms with Gasteiger partial charge in [-0.25, -0.2) is 4.98 Å². The summed E-state index contributed by atoms with van der Waals surface area (Å²) in [4.78, 5) is 18.8. The molecule has 0 bridgehead atoms. The Morgan fingerprint density at radius 3 is 2.48 bits per heavy atom. The minimum Gasteiger partial charge on any atom is -0.329 e. The summed E-state index contributed by atoms with van der Waals surface area (Å²) in [6.07, 6.45) is 1.59. The lowest BCUT2D eigenvalue weighted by Crippen LogP contribution is -2.14. The van der Waals surface area contributed by atoms with E-state index in [0.29, 0.717) is 5.56 Å². The number of anilines is 3. The van der Waals surface area contributed by atoms with Gasteiger partial charge in [0.2, 0.25) is 0 Å². The summed E-state index contributed by atoms with van der Waals surface area (Å²) in [6.45, 7) is 2.00. The summed E-state index contributed by atoms with van der Waals surface area (Å²) in [7, 11) is 1.95. The molecule has 3 rings (SSSR count). The number of carbonyl (C=O) groups excluding carboxylic acids is 1. The van der Waals surface area contributed by atoms with Crippen LogP contribution in [0.1, 0.15) is 15.9 Å². The quantitative estimate of drug-likeness (QED) is 0.662. The maximum Gasteiger partial charge on any atom is 0.257 e. The third-order valence-electron chi connectivity index (χ3n) is 3.93. The highest BCUT2D eigenvalue weighted by molar-refractivity contribution is 9.10. The predicted molar refractivity (Wildman–Crippen MR) is 106 cm³/mol. The van der Waals surface area contributed by atoms with Crippen molar-refractivity contribution in [3.63, 3.8) is 0 Å². The Morgan fingerprint density at radius 2 is 1.84 bits per heavy atom. The van der Waals surface area contributed by atoms with Crippen molar-refractivity contribution in [3.8, 4) is 0 Å². The predicted octanol–water partition coefficient (Wildman–Crippen LogP) is 5.17. The van der Waals surface area contributed by atoms with Gasteiger partial charge in [-0.2, -0.15) is 0 Å². The van der Waals surface area contributed by atoms with Gasteiger partial charge in [-0.3, -0.25) is 4.79 Å². The number of para-hydroxylation sites is 1. The number of hydrogen-bond acceptors (Lipinski definition) is 3. The summed E-state index contributed by atoms with van der Waals surface area (Å²) in [5.74, 6) is 0.595. The zero-order chi connectivity index (χ0) is 17.8. The number of nitrogens with zero attached hydrogens (tertiary/aromatic N) is 2. The van der Waals surface area contributed by atoms with Crippen LogP contribution in [0.2, 0.25) is 0 Å². The number of aromatic nitrogens is 1. The van der Waals surface area contributed by atoms with Gasteiger partial charge < -0.3 is 10.2 Å². The first-order valence-electron chi connectivity index (χ1n) is 7.87. The van der Waals surface area contributed by atoms with Gasteiger partial charge >= 0.3 is 0 Å². The topological polar surface area (TPSA) is 45.2 Å². The van der Waals surface area contributed by atoms with E-state index in [2.05, 4.69) is 26.2 Å². The molecule has 0 saturated heterocycles. The van der Waals surface area contributed by atoms with E-state index < -0.39 is 0 Å². The van der Waals surface area contributed by atoms with Crippen LogP contribution < -0.4 is 10.2 Å². The lowest BCUT2D eigenvalue weighted by Gasteiger charge is -2.18. The summed E-state index contributed by atoms with van der Waals surface area (Å²) in [5.41, 5.74) is 3.42. The molecule has 1 heterocycles. The van der Waals surface area contributed by atoms with Crippen LogP contribution in [0.4, 0.5) is 17.2 Å². The van der Waals surface area contributed by atoms with Gasteiger partial charge in [0.25, 0.3) is 5.91 Å². The van der Waals surface area contributed by atoms with Crippen LogP contribution in [0.3, 0.4) is 0 Å². The lowest BCUT2D eigenvalue weighted by molar-refractivity contribution is 0.102. The smallest absolute Gasteiger partial charge is 0.257 e. The fourth-order valence-electron chi connectivity index (χ4n) is 2.38.